The van der Waals surface area contributed by atoms with E-state index < -0.39 is 17.5 Å². The maximum Gasteiger partial charge on any atom is 0.309 e. The number of hydrogen-bond acceptors (Lipinski definition) is 3. The van der Waals surface area contributed by atoms with Crippen molar-refractivity contribution in [2.45, 2.75) is 44.6 Å². The molecule has 0 unspecified atom stereocenters. The summed E-state index contributed by atoms with van der Waals surface area (Å²) in [6.07, 6.45) is 3.99. The maximum absolute atomic E-state index is 11.2. The summed E-state index contributed by atoms with van der Waals surface area (Å²) in [6, 6.07) is 0. The van der Waals surface area contributed by atoms with E-state index in [4.69, 9.17) is 5.73 Å². The van der Waals surface area contributed by atoms with Crippen molar-refractivity contribution in [3.8, 4) is 0 Å². The van der Waals surface area contributed by atoms with Gasteiger partial charge < -0.3 is 15.9 Å². The zero-order chi connectivity index (χ0) is 10.6. The predicted octanol–water partition coefficient (Wildman–Crippen LogP) is 0.731. The lowest BCUT2D eigenvalue weighted by atomic mass is 9.70. The Morgan fingerprint density at radius 3 is 2.36 bits per heavy atom. The molecule has 4 heteroatoms. The molecule has 0 radical (unpaired) electrons. The largest absolute Gasteiger partial charge is 0.481 e. The molecule has 1 aliphatic rings. The highest BCUT2D eigenvalue weighted by molar-refractivity contribution is 5.74. The van der Waals surface area contributed by atoms with Crippen molar-refractivity contribution < 1.29 is 15.0 Å². The Hall–Kier alpha value is -0.610. The van der Waals surface area contributed by atoms with Crippen LogP contribution in [0.25, 0.3) is 0 Å². The molecule has 0 aromatic rings. The summed E-state index contributed by atoms with van der Waals surface area (Å²) in [4.78, 5) is 11.2. The Morgan fingerprint density at radius 1 is 1.36 bits per heavy atom. The molecule has 0 spiro atoms. The van der Waals surface area contributed by atoms with E-state index in [0.717, 1.165) is 19.3 Å². The number of aliphatic carboxylic acids is 1. The van der Waals surface area contributed by atoms with E-state index in [0.29, 0.717) is 19.3 Å². The van der Waals surface area contributed by atoms with E-state index in [-0.39, 0.29) is 6.54 Å². The maximum atomic E-state index is 11.2. The molecule has 82 valence electrons. The van der Waals surface area contributed by atoms with Crippen LogP contribution in [0, 0.1) is 5.41 Å². The van der Waals surface area contributed by atoms with Crippen LogP contribution in [0.1, 0.15) is 38.5 Å². The van der Waals surface area contributed by atoms with Crippen molar-refractivity contribution in [2.75, 3.05) is 6.54 Å². The molecule has 0 bridgehead atoms. The molecular formula is C10H19NO3. The minimum absolute atomic E-state index is 0.148. The van der Waals surface area contributed by atoms with Gasteiger partial charge in [0, 0.05) is 6.54 Å². The number of hydrogen-bond donors (Lipinski definition) is 3. The van der Waals surface area contributed by atoms with Crippen molar-refractivity contribution in [3.05, 3.63) is 0 Å². The predicted molar refractivity (Wildman–Crippen MR) is 52.8 cm³/mol. The van der Waals surface area contributed by atoms with Crippen molar-refractivity contribution in [1.29, 1.82) is 0 Å². The average Bonchev–Trinajstić information content (AvgIpc) is 2.19. The second-order valence-electron chi connectivity index (χ2n) is 4.24. The van der Waals surface area contributed by atoms with Gasteiger partial charge >= 0.3 is 5.97 Å². The van der Waals surface area contributed by atoms with Gasteiger partial charge in [-0.05, 0) is 19.3 Å². The second kappa shape index (κ2) is 4.75. The van der Waals surface area contributed by atoms with Crippen LogP contribution in [-0.4, -0.2) is 28.8 Å². The van der Waals surface area contributed by atoms with Gasteiger partial charge in [0.25, 0.3) is 0 Å². The van der Waals surface area contributed by atoms with Gasteiger partial charge in [-0.2, -0.15) is 0 Å². The van der Waals surface area contributed by atoms with Gasteiger partial charge in [-0.1, -0.05) is 19.3 Å². The van der Waals surface area contributed by atoms with E-state index in [1.54, 1.807) is 0 Å². The van der Waals surface area contributed by atoms with Crippen LogP contribution in [0.5, 0.6) is 0 Å². The van der Waals surface area contributed by atoms with Crippen LogP contribution in [0.2, 0.25) is 0 Å². The summed E-state index contributed by atoms with van der Waals surface area (Å²) >= 11 is 0. The lowest BCUT2D eigenvalue weighted by Gasteiger charge is -2.34. The quantitative estimate of drug-likeness (QED) is 0.626. The molecule has 1 saturated carbocycles. The number of carboxylic acids is 1. The zero-order valence-corrected chi connectivity index (χ0v) is 8.41. The second-order valence-corrected chi connectivity index (χ2v) is 4.24. The smallest absolute Gasteiger partial charge is 0.309 e. The van der Waals surface area contributed by atoms with E-state index in [9.17, 15) is 15.0 Å². The van der Waals surface area contributed by atoms with Crippen molar-refractivity contribution in [2.24, 2.45) is 11.1 Å². The number of nitrogens with two attached hydrogens (primary N) is 1. The summed E-state index contributed by atoms with van der Waals surface area (Å²) in [6.45, 7) is 0.148. The number of carbonyl (C=O) groups is 1. The van der Waals surface area contributed by atoms with Crippen LogP contribution >= 0.6 is 0 Å². The average molecular weight is 201 g/mol. The van der Waals surface area contributed by atoms with Crippen molar-refractivity contribution in [1.82, 2.24) is 0 Å². The molecule has 0 aliphatic heterocycles. The number of carboxylic acid groups (broad SMARTS) is 1. The molecule has 0 heterocycles. The number of aliphatic hydroxyl groups excluding tert-OH is 1. The molecule has 0 amide bonds. The van der Waals surface area contributed by atoms with Gasteiger partial charge in [0.1, 0.15) is 0 Å². The minimum Gasteiger partial charge on any atom is -0.481 e. The Bertz CT molecular complexity index is 200. The lowest BCUT2D eigenvalue weighted by molar-refractivity contribution is -0.153. The van der Waals surface area contributed by atoms with Crippen LogP contribution < -0.4 is 5.73 Å². The molecular weight excluding hydrogens is 182 g/mol. The highest BCUT2D eigenvalue weighted by Gasteiger charge is 2.40. The first-order valence-corrected chi connectivity index (χ1v) is 5.22. The lowest BCUT2D eigenvalue weighted by Crippen LogP contribution is -2.38. The molecule has 0 aromatic carbocycles. The molecule has 14 heavy (non-hydrogen) atoms. The summed E-state index contributed by atoms with van der Waals surface area (Å²) in [5.74, 6) is -0.773. The first kappa shape index (κ1) is 11.5. The third-order valence-corrected chi connectivity index (χ3v) is 3.16. The Balaban J connectivity index is 2.65. The first-order valence-electron chi connectivity index (χ1n) is 5.22. The molecule has 1 fully saturated rings. The van der Waals surface area contributed by atoms with Gasteiger partial charge in [-0.25, -0.2) is 0 Å². The van der Waals surface area contributed by atoms with E-state index >= 15 is 0 Å². The highest BCUT2D eigenvalue weighted by atomic mass is 16.4. The Kier molecular flexibility index (Phi) is 3.89. The van der Waals surface area contributed by atoms with Gasteiger partial charge in [0.15, 0.2) is 0 Å². The number of aliphatic hydroxyl groups is 1. The Labute approximate surface area is 84.1 Å². The van der Waals surface area contributed by atoms with Crippen LogP contribution in [0.3, 0.4) is 0 Å². The van der Waals surface area contributed by atoms with E-state index in [1.807, 2.05) is 0 Å². The van der Waals surface area contributed by atoms with Crippen molar-refractivity contribution in [3.63, 3.8) is 0 Å². The van der Waals surface area contributed by atoms with Gasteiger partial charge in [-0.3, -0.25) is 4.79 Å². The highest BCUT2D eigenvalue weighted by Crippen LogP contribution is 2.40. The summed E-state index contributed by atoms with van der Waals surface area (Å²) in [5.41, 5.74) is 4.59. The SMILES string of the molecule is NC[C@@H](O)CC1(C(=O)O)CCCCC1. The summed E-state index contributed by atoms with van der Waals surface area (Å²) in [7, 11) is 0. The fourth-order valence-electron chi connectivity index (χ4n) is 2.27. The van der Waals surface area contributed by atoms with Crippen LogP contribution in [0.4, 0.5) is 0 Å². The standard InChI is InChI=1S/C10H19NO3/c11-7-8(12)6-10(9(13)14)4-2-1-3-5-10/h8,12H,1-7,11H2,(H,13,14)/t8-/m0/s1. The summed E-state index contributed by atoms with van der Waals surface area (Å²) in [5, 5.41) is 18.6. The monoisotopic (exact) mass is 201 g/mol. The first-order chi connectivity index (χ1) is 6.60. The molecule has 1 atom stereocenters. The fraction of sp³-hybridized carbons (Fsp3) is 0.900. The van der Waals surface area contributed by atoms with Crippen molar-refractivity contribution >= 4 is 5.97 Å². The van der Waals surface area contributed by atoms with Gasteiger partial charge in [0.2, 0.25) is 0 Å². The molecule has 0 aromatic heterocycles. The zero-order valence-electron chi connectivity index (χ0n) is 8.41. The van der Waals surface area contributed by atoms with Crippen LogP contribution in [0.15, 0.2) is 0 Å². The molecule has 0 saturated heterocycles. The fourth-order valence-corrected chi connectivity index (χ4v) is 2.27. The Morgan fingerprint density at radius 2 is 1.93 bits per heavy atom. The summed E-state index contributed by atoms with van der Waals surface area (Å²) < 4.78 is 0. The normalized spacial score (nSPS) is 23.0. The minimum atomic E-state index is -0.773. The van der Waals surface area contributed by atoms with E-state index in [2.05, 4.69) is 0 Å². The van der Waals surface area contributed by atoms with Crippen LogP contribution in [-0.2, 0) is 4.79 Å². The van der Waals surface area contributed by atoms with E-state index in [1.165, 1.54) is 0 Å². The number of rotatable bonds is 4. The molecule has 4 nitrogen and oxygen atoms in total. The third-order valence-electron chi connectivity index (χ3n) is 3.16. The molecule has 1 rings (SSSR count). The molecule has 4 N–H and O–H groups in total. The van der Waals surface area contributed by atoms with Gasteiger partial charge in [-0.15, -0.1) is 0 Å². The third kappa shape index (κ3) is 2.45. The van der Waals surface area contributed by atoms with Gasteiger partial charge in [0.05, 0.1) is 11.5 Å². The molecule has 1 aliphatic carbocycles. The topological polar surface area (TPSA) is 83.5 Å².